The fraction of sp³-hybridized carbons (Fsp3) is 0.923. The lowest BCUT2D eigenvalue weighted by molar-refractivity contribution is -0.149. The molecule has 2 saturated heterocycles. The predicted molar refractivity (Wildman–Crippen MR) is 69.4 cm³/mol. The van der Waals surface area contributed by atoms with E-state index in [-0.39, 0.29) is 5.54 Å². The summed E-state index contributed by atoms with van der Waals surface area (Å²) in [6, 6.07) is 0. The van der Waals surface area contributed by atoms with Gasteiger partial charge in [-0.1, -0.05) is 34.6 Å². The van der Waals surface area contributed by atoms with E-state index in [0.29, 0.717) is 25.7 Å². The molecule has 1 atom stereocenters. The number of amides is 1. The van der Waals surface area contributed by atoms with E-state index in [4.69, 9.17) is 9.84 Å². The number of ether oxygens (including phenoxy) is 1. The van der Waals surface area contributed by atoms with Crippen LogP contribution in [0.25, 0.3) is 0 Å². The van der Waals surface area contributed by atoms with Crippen LogP contribution in [0.5, 0.6) is 0 Å². The number of piperidine rings is 1. The van der Waals surface area contributed by atoms with Crippen molar-refractivity contribution < 1.29 is 14.6 Å². The van der Waals surface area contributed by atoms with E-state index in [9.17, 15) is 4.79 Å². The average Bonchev–Trinajstić information content (AvgIpc) is 2.32. The number of likely N-dealkylation sites (tertiary alicyclic amines) is 1. The maximum absolute atomic E-state index is 11.0. The highest BCUT2D eigenvalue weighted by molar-refractivity contribution is 5.66. The number of nitrogens with zero attached hydrogens (tertiary/aromatic N) is 1. The van der Waals surface area contributed by atoms with Crippen LogP contribution in [0.15, 0.2) is 0 Å². The maximum Gasteiger partial charge on any atom is 0.407 e. The Hall–Kier alpha value is -0.770. The number of hydrogen-bond acceptors (Lipinski definition) is 2. The van der Waals surface area contributed by atoms with Crippen molar-refractivity contribution in [2.24, 2.45) is 5.92 Å². The first-order valence-electron chi connectivity index (χ1n) is 6.72. The van der Waals surface area contributed by atoms with Crippen LogP contribution in [0, 0.1) is 5.92 Å². The smallest absolute Gasteiger partial charge is 0.407 e. The summed E-state index contributed by atoms with van der Waals surface area (Å²) in [6.45, 7) is 11.9. The van der Waals surface area contributed by atoms with Crippen molar-refractivity contribution in [2.75, 3.05) is 19.8 Å². The minimum absolute atomic E-state index is 0.168. The van der Waals surface area contributed by atoms with E-state index in [2.05, 4.69) is 6.92 Å². The molecule has 0 radical (unpaired) electrons. The van der Waals surface area contributed by atoms with E-state index in [1.165, 1.54) is 0 Å². The second-order valence-corrected chi connectivity index (χ2v) is 4.25. The topological polar surface area (TPSA) is 49.8 Å². The van der Waals surface area contributed by atoms with Gasteiger partial charge in [-0.05, 0) is 18.8 Å². The van der Waals surface area contributed by atoms with Crippen molar-refractivity contribution >= 4 is 6.09 Å². The van der Waals surface area contributed by atoms with Gasteiger partial charge in [0.05, 0.1) is 18.8 Å². The molecule has 0 aromatic carbocycles. The van der Waals surface area contributed by atoms with Crippen molar-refractivity contribution in [3.63, 3.8) is 0 Å². The summed E-state index contributed by atoms with van der Waals surface area (Å²) >= 11 is 0. The van der Waals surface area contributed by atoms with Crippen LogP contribution in [-0.4, -0.2) is 41.4 Å². The molecule has 1 unspecified atom stereocenters. The Labute approximate surface area is 105 Å². The molecular weight excluding hydrogens is 218 g/mol. The zero-order valence-corrected chi connectivity index (χ0v) is 11.8. The zero-order valence-electron chi connectivity index (χ0n) is 11.8. The summed E-state index contributed by atoms with van der Waals surface area (Å²) < 4.78 is 5.13. The number of hydrogen-bond donors (Lipinski definition) is 1. The molecule has 17 heavy (non-hydrogen) atoms. The summed E-state index contributed by atoms with van der Waals surface area (Å²) in [7, 11) is 0. The summed E-state index contributed by atoms with van der Waals surface area (Å²) in [5.74, 6) is 0.488. The van der Waals surface area contributed by atoms with Gasteiger partial charge in [-0.15, -0.1) is 0 Å². The lowest BCUT2D eigenvalue weighted by atomic mass is 9.81. The quantitative estimate of drug-likeness (QED) is 0.713. The number of carbonyl (C=O) groups is 1. The minimum atomic E-state index is -0.796. The van der Waals surface area contributed by atoms with Crippen LogP contribution in [-0.2, 0) is 4.74 Å². The second-order valence-electron chi connectivity index (χ2n) is 4.25. The molecular formula is C13H27NO3. The first-order valence-corrected chi connectivity index (χ1v) is 6.72. The molecule has 102 valence electrons. The summed E-state index contributed by atoms with van der Waals surface area (Å²) in [5, 5.41) is 9.03. The fourth-order valence-electron chi connectivity index (χ4n) is 2.17. The average molecular weight is 245 g/mol. The lowest BCUT2D eigenvalue weighted by Gasteiger charge is -2.52. The van der Waals surface area contributed by atoms with E-state index in [0.717, 1.165) is 12.8 Å². The molecule has 4 heteroatoms. The third-order valence-electron chi connectivity index (χ3n) is 3.14. The van der Waals surface area contributed by atoms with Crippen LogP contribution in [0.4, 0.5) is 4.79 Å². The Morgan fingerprint density at radius 1 is 1.29 bits per heavy atom. The van der Waals surface area contributed by atoms with Crippen LogP contribution < -0.4 is 0 Å². The first-order chi connectivity index (χ1) is 8.14. The Morgan fingerprint density at radius 2 is 1.82 bits per heavy atom. The van der Waals surface area contributed by atoms with Crippen molar-refractivity contribution in [3.05, 3.63) is 0 Å². The van der Waals surface area contributed by atoms with Crippen LogP contribution in [0.3, 0.4) is 0 Å². The molecule has 0 aromatic heterocycles. The molecule has 1 N–H and O–H groups in total. The van der Waals surface area contributed by atoms with Crippen molar-refractivity contribution in [2.45, 2.75) is 53.0 Å². The zero-order chi connectivity index (χ0) is 13.5. The molecule has 1 spiro atoms. The maximum atomic E-state index is 11.0. The molecule has 2 fully saturated rings. The van der Waals surface area contributed by atoms with Gasteiger partial charge in [0.15, 0.2) is 0 Å². The molecule has 2 heterocycles. The molecule has 4 nitrogen and oxygen atoms in total. The molecule has 0 saturated carbocycles. The largest absolute Gasteiger partial charge is 0.465 e. The van der Waals surface area contributed by atoms with E-state index in [1.807, 2.05) is 27.7 Å². The van der Waals surface area contributed by atoms with Crippen LogP contribution in [0.1, 0.15) is 47.5 Å². The van der Waals surface area contributed by atoms with Gasteiger partial charge in [-0.2, -0.15) is 0 Å². The van der Waals surface area contributed by atoms with Crippen molar-refractivity contribution in [3.8, 4) is 0 Å². The SMILES string of the molecule is CC.CC.CC1CCC2(COC2)N(C(=O)O)C1. The Bertz CT molecular complexity index is 227. The van der Waals surface area contributed by atoms with Crippen LogP contribution in [0.2, 0.25) is 0 Å². The van der Waals surface area contributed by atoms with E-state index in [1.54, 1.807) is 4.90 Å². The van der Waals surface area contributed by atoms with E-state index < -0.39 is 6.09 Å². The normalized spacial score (nSPS) is 24.8. The Morgan fingerprint density at radius 3 is 2.18 bits per heavy atom. The molecule has 2 aliphatic rings. The fourth-order valence-corrected chi connectivity index (χ4v) is 2.17. The highest BCUT2D eigenvalue weighted by Gasteiger charge is 2.49. The van der Waals surface area contributed by atoms with E-state index >= 15 is 0 Å². The third kappa shape index (κ3) is 3.60. The predicted octanol–water partition coefficient (Wildman–Crippen LogP) is 3.22. The van der Waals surface area contributed by atoms with Crippen molar-refractivity contribution in [1.82, 2.24) is 4.90 Å². The highest BCUT2D eigenvalue weighted by atomic mass is 16.5. The van der Waals surface area contributed by atoms with Crippen molar-refractivity contribution in [1.29, 1.82) is 0 Å². The molecule has 0 aromatic rings. The van der Waals surface area contributed by atoms with Gasteiger partial charge < -0.3 is 9.84 Å². The Kier molecular flexibility index (Phi) is 7.19. The molecule has 0 aliphatic carbocycles. The van der Waals surface area contributed by atoms with Gasteiger partial charge in [0.2, 0.25) is 0 Å². The molecule has 2 rings (SSSR count). The molecule has 2 aliphatic heterocycles. The number of rotatable bonds is 0. The monoisotopic (exact) mass is 245 g/mol. The third-order valence-corrected chi connectivity index (χ3v) is 3.14. The van der Waals surface area contributed by atoms with Gasteiger partial charge in [0.25, 0.3) is 0 Å². The lowest BCUT2D eigenvalue weighted by Crippen LogP contribution is -2.66. The van der Waals surface area contributed by atoms with Gasteiger partial charge in [0, 0.05) is 6.54 Å². The summed E-state index contributed by atoms with van der Waals surface area (Å²) in [4.78, 5) is 12.6. The van der Waals surface area contributed by atoms with Gasteiger partial charge in [-0.25, -0.2) is 4.79 Å². The first kappa shape index (κ1) is 16.2. The second kappa shape index (κ2) is 7.54. The number of carboxylic acid groups (broad SMARTS) is 1. The standard InChI is InChI=1S/C9H15NO3.2C2H6/c1-7-2-3-9(5-13-6-9)10(4-7)8(11)12;2*1-2/h7H,2-6H2,1H3,(H,11,12);2*1-2H3. The minimum Gasteiger partial charge on any atom is -0.465 e. The summed E-state index contributed by atoms with van der Waals surface area (Å²) in [5.41, 5.74) is -0.168. The highest BCUT2D eigenvalue weighted by Crippen LogP contribution is 2.36. The Balaban J connectivity index is 0.000000581. The molecule has 0 bridgehead atoms. The van der Waals surface area contributed by atoms with Gasteiger partial charge in [-0.3, -0.25) is 4.90 Å². The van der Waals surface area contributed by atoms with Gasteiger partial charge >= 0.3 is 6.09 Å². The summed E-state index contributed by atoms with van der Waals surface area (Å²) in [6.07, 6.45) is 1.28. The van der Waals surface area contributed by atoms with Gasteiger partial charge in [0.1, 0.15) is 0 Å². The molecule has 1 amide bonds. The van der Waals surface area contributed by atoms with Crippen LogP contribution >= 0.6 is 0 Å².